The number of amides is 1. The minimum Gasteiger partial charge on any atom is -0.444 e. The third kappa shape index (κ3) is 5.50. The minimum atomic E-state index is -0.965. The third-order valence-corrected chi connectivity index (χ3v) is 8.67. The zero-order chi connectivity index (χ0) is 27.5. The Morgan fingerprint density at radius 2 is 1.90 bits per heavy atom. The van der Waals surface area contributed by atoms with Gasteiger partial charge in [-0.05, 0) is 26.0 Å². The fourth-order valence-corrected chi connectivity index (χ4v) is 6.26. The number of nitrogens with zero attached hydrogens (tertiary/aromatic N) is 3. The molecule has 208 valence electrons. The zero-order valence-electron chi connectivity index (χ0n) is 22.4. The molecule has 40 heavy (non-hydrogen) atoms. The van der Waals surface area contributed by atoms with Gasteiger partial charge in [0.2, 0.25) is 12.2 Å². The lowest BCUT2D eigenvalue weighted by molar-refractivity contribution is -0.118. The van der Waals surface area contributed by atoms with Crippen LogP contribution in [0.25, 0.3) is 0 Å². The summed E-state index contributed by atoms with van der Waals surface area (Å²) in [5.41, 5.74) is 3.64. The van der Waals surface area contributed by atoms with Gasteiger partial charge in [-0.15, -0.1) is 11.3 Å². The van der Waals surface area contributed by atoms with Crippen LogP contribution in [0.15, 0.2) is 59.6 Å². The van der Waals surface area contributed by atoms with Crippen molar-refractivity contribution in [1.82, 2.24) is 15.6 Å². The number of carbonyl (C=O) groups is 1. The molecule has 2 aliphatic heterocycles. The highest BCUT2D eigenvalue weighted by Gasteiger charge is 2.32. The SMILES string of the molecule is CNC(NC1N=C(c2ccccc2)c2ccccc2NC1=O)OC(=N)c1nc(C2CCC2)sc1N1CCOCC1. The Bertz CT molecular complexity index is 1400. The molecule has 1 aromatic heterocycles. The fraction of sp³-hybridized carbons (Fsp3) is 0.379. The van der Waals surface area contributed by atoms with E-state index in [0.717, 1.165) is 47.1 Å². The summed E-state index contributed by atoms with van der Waals surface area (Å²) in [6, 6.07) is 17.4. The van der Waals surface area contributed by atoms with Crippen molar-refractivity contribution in [1.29, 1.82) is 5.41 Å². The van der Waals surface area contributed by atoms with Gasteiger partial charge in [0.05, 0.1) is 29.6 Å². The molecule has 1 amide bonds. The molecular formula is C29H33N7O3S. The Kier molecular flexibility index (Phi) is 7.87. The Balaban J connectivity index is 1.25. The molecule has 2 unspecified atom stereocenters. The maximum Gasteiger partial charge on any atom is 0.264 e. The van der Waals surface area contributed by atoms with E-state index >= 15 is 0 Å². The van der Waals surface area contributed by atoms with Gasteiger partial charge in [0.25, 0.3) is 5.91 Å². The molecule has 11 heteroatoms. The number of aliphatic imine (C=N–C) groups is 1. The molecule has 1 aliphatic carbocycles. The van der Waals surface area contributed by atoms with Crippen LogP contribution in [0.1, 0.15) is 47.0 Å². The van der Waals surface area contributed by atoms with Gasteiger partial charge in [0.1, 0.15) is 5.00 Å². The molecule has 0 radical (unpaired) electrons. The molecule has 0 bridgehead atoms. The average Bonchev–Trinajstić information content (AvgIpc) is 3.34. The van der Waals surface area contributed by atoms with Crippen LogP contribution in [0, 0.1) is 5.41 Å². The van der Waals surface area contributed by atoms with Crippen LogP contribution in [0.2, 0.25) is 0 Å². The van der Waals surface area contributed by atoms with E-state index in [4.69, 9.17) is 24.9 Å². The standard InChI is InChI=1S/C29H33N7O3S/c1-31-29(39-24(30)23-28(36-14-16-38-17-15-36)40-27(34-23)19-10-7-11-19)35-25-26(37)32-21-13-6-5-12-20(21)22(33-25)18-8-3-2-4-9-18/h2-6,8-9,12-13,19,25,29-31,35H,7,10-11,14-17H2,1H3,(H,32,37). The average molecular weight is 560 g/mol. The Morgan fingerprint density at radius 3 is 2.62 bits per heavy atom. The molecule has 6 rings (SSSR count). The first-order valence-electron chi connectivity index (χ1n) is 13.7. The van der Waals surface area contributed by atoms with Gasteiger partial charge in [0, 0.05) is 30.1 Å². The van der Waals surface area contributed by atoms with Gasteiger partial charge in [-0.2, -0.15) is 0 Å². The van der Waals surface area contributed by atoms with Crippen LogP contribution in [-0.4, -0.2) is 68.4 Å². The number of hydrogen-bond donors (Lipinski definition) is 4. The summed E-state index contributed by atoms with van der Waals surface area (Å²) in [6.07, 6.45) is 1.64. The summed E-state index contributed by atoms with van der Waals surface area (Å²) in [5.74, 6) is 0.0788. The van der Waals surface area contributed by atoms with Crippen molar-refractivity contribution in [2.45, 2.75) is 37.7 Å². The largest absolute Gasteiger partial charge is 0.444 e. The van der Waals surface area contributed by atoms with Crippen molar-refractivity contribution in [3.8, 4) is 0 Å². The number of thiazole rings is 1. The van der Waals surface area contributed by atoms with E-state index < -0.39 is 12.5 Å². The van der Waals surface area contributed by atoms with E-state index in [-0.39, 0.29) is 11.8 Å². The number of fused-ring (bicyclic) bond motifs is 1. The Morgan fingerprint density at radius 1 is 1.15 bits per heavy atom. The third-order valence-electron chi connectivity index (χ3n) is 7.39. The first kappa shape index (κ1) is 26.6. The quantitative estimate of drug-likeness (QED) is 0.189. The molecule has 2 fully saturated rings. The molecular weight excluding hydrogens is 526 g/mol. The van der Waals surface area contributed by atoms with Crippen LogP contribution in [0.3, 0.4) is 0 Å². The number of para-hydroxylation sites is 1. The molecule has 3 heterocycles. The highest BCUT2D eigenvalue weighted by molar-refractivity contribution is 7.16. The second-order valence-corrected chi connectivity index (χ2v) is 11.0. The van der Waals surface area contributed by atoms with E-state index in [0.29, 0.717) is 36.2 Å². The maximum atomic E-state index is 13.3. The molecule has 3 aromatic rings. The Labute approximate surface area is 237 Å². The lowest BCUT2D eigenvalue weighted by Crippen LogP contribution is -2.52. The van der Waals surface area contributed by atoms with Crippen molar-refractivity contribution < 1.29 is 14.3 Å². The van der Waals surface area contributed by atoms with Crippen molar-refractivity contribution in [2.75, 3.05) is 43.6 Å². The lowest BCUT2D eigenvalue weighted by atomic mass is 9.86. The van der Waals surface area contributed by atoms with Gasteiger partial charge < -0.3 is 19.7 Å². The number of nitrogens with one attached hydrogen (secondary N) is 4. The molecule has 3 aliphatic rings. The second-order valence-electron chi connectivity index (χ2n) is 10.00. The minimum absolute atomic E-state index is 0.0558. The summed E-state index contributed by atoms with van der Waals surface area (Å²) < 4.78 is 11.6. The summed E-state index contributed by atoms with van der Waals surface area (Å²) in [6.45, 7) is 2.79. The van der Waals surface area contributed by atoms with E-state index in [2.05, 4.69) is 20.9 Å². The lowest BCUT2D eigenvalue weighted by Gasteiger charge is -2.28. The molecule has 2 atom stereocenters. The summed E-state index contributed by atoms with van der Waals surface area (Å²) in [5, 5.41) is 20.1. The highest BCUT2D eigenvalue weighted by Crippen LogP contribution is 2.42. The van der Waals surface area contributed by atoms with Crippen molar-refractivity contribution in [3.05, 3.63) is 76.4 Å². The predicted octanol–water partition coefficient (Wildman–Crippen LogP) is 3.50. The van der Waals surface area contributed by atoms with Gasteiger partial charge >= 0.3 is 0 Å². The molecule has 10 nitrogen and oxygen atoms in total. The van der Waals surface area contributed by atoms with Gasteiger partial charge in [-0.3, -0.25) is 20.5 Å². The van der Waals surface area contributed by atoms with Gasteiger partial charge in [-0.1, -0.05) is 55.0 Å². The number of anilines is 2. The van der Waals surface area contributed by atoms with E-state index in [1.54, 1.807) is 18.4 Å². The molecule has 2 aromatic carbocycles. The van der Waals surface area contributed by atoms with Crippen LogP contribution in [-0.2, 0) is 14.3 Å². The monoisotopic (exact) mass is 559 g/mol. The molecule has 1 saturated carbocycles. The summed E-state index contributed by atoms with van der Waals surface area (Å²) >= 11 is 1.65. The van der Waals surface area contributed by atoms with Crippen molar-refractivity contribution in [3.63, 3.8) is 0 Å². The highest BCUT2D eigenvalue weighted by atomic mass is 32.1. The normalized spacial score (nSPS) is 20.0. The van der Waals surface area contributed by atoms with Crippen LogP contribution in [0.5, 0.6) is 0 Å². The summed E-state index contributed by atoms with van der Waals surface area (Å²) in [4.78, 5) is 25.2. The smallest absolute Gasteiger partial charge is 0.264 e. The van der Waals surface area contributed by atoms with E-state index in [9.17, 15) is 4.79 Å². The number of benzodiazepines with no additional fused rings is 1. The number of morpholine rings is 1. The molecule has 1 saturated heterocycles. The first-order valence-corrected chi connectivity index (χ1v) is 14.5. The number of aromatic nitrogens is 1. The van der Waals surface area contributed by atoms with Crippen molar-refractivity contribution in [2.24, 2.45) is 4.99 Å². The second kappa shape index (κ2) is 11.8. The van der Waals surface area contributed by atoms with Gasteiger partial charge in [-0.25, -0.2) is 10.3 Å². The maximum absolute atomic E-state index is 13.3. The molecule has 4 N–H and O–H groups in total. The number of benzene rings is 2. The topological polar surface area (TPSA) is 124 Å². The first-order chi connectivity index (χ1) is 19.6. The van der Waals surface area contributed by atoms with Crippen LogP contribution < -0.4 is 20.9 Å². The van der Waals surface area contributed by atoms with E-state index in [1.807, 2.05) is 54.6 Å². The Hall–Kier alpha value is -3.64. The molecule has 0 spiro atoms. The number of ether oxygens (including phenoxy) is 2. The summed E-state index contributed by atoms with van der Waals surface area (Å²) in [7, 11) is 1.71. The van der Waals surface area contributed by atoms with Gasteiger partial charge in [0.15, 0.2) is 11.9 Å². The zero-order valence-corrected chi connectivity index (χ0v) is 23.2. The van der Waals surface area contributed by atoms with Crippen molar-refractivity contribution >= 4 is 39.5 Å². The van der Waals surface area contributed by atoms with Crippen LogP contribution >= 0.6 is 11.3 Å². The van der Waals surface area contributed by atoms with Crippen LogP contribution in [0.4, 0.5) is 10.7 Å². The fourth-order valence-electron chi connectivity index (χ4n) is 4.98. The number of hydrogen-bond acceptors (Lipinski definition) is 10. The van der Waals surface area contributed by atoms with E-state index in [1.165, 1.54) is 6.42 Å². The predicted molar refractivity (Wildman–Crippen MR) is 157 cm³/mol. The number of rotatable bonds is 8. The number of carbonyl (C=O) groups excluding carboxylic acids is 1.